The summed E-state index contributed by atoms with van der Waals surface area (Å²) in [7, 11) is 3.17. The Morgan fingerprint density at radius 1 is 1.13 bits per heavy atom. The Balaban J connectivity index is 1.74. The zero-order valence-corrected chi connectivity index (χ0v) is 16.8. The molecular weight excluding hydrogens is 396 g/mol. The highest BCUT2D eigenvalue weighted by Gasteiger charge is 2.14. The molecule has 2 aromatic heterocycles. The fourth-order valence-electron chi connectivity index (χ4n) is 2.97. The van der Waals surface area contributed by atoms with Crippen LogP contribution in [0.2, 0.25) is 0 Å². The molecule has 31 heavy (non-hydrogen) atoms. The van der Waals surface area contributed by atoms with Crippen LogP contribution in [-0.4, -0.2) is 35.2 Å². The molecule has 0 unspecified atom stereocenters. The quantitative estimate of drug-likeness (QED) is 0.361. The number of ether oxygens (including phenoxy) is 2. The van der Waals surface area contributed by atoms with Crippen LogP contribution < -0.4 is 14.9 Å². The number of methoxy groups -OCH3 is 2. The molecule has 0 bridgehead atoms. The lowest BCUT2D eigenvalue weighted by Crippen LogP contribution is -1.95. The fourth-order valence-corrected chi connectivity index (χ4v) is 2.97. The van der Waals surface area contributed by atoms with E-state index in [1.165, 1.54) is 6.39 Å². The number of aromatic nitrogens is 3. The number of nitriles is 1. The number of para-hydroxylation sites is 1. The summed E-state index contributed by atoms with van der Waals surface area (Å²) < 4.78 is 17.7. The van der Waals surface area contributed by atoms with Gasteiger partial charge in [0.1, 0.15) is 11.8 Å². The largest absolute Gasteiger partial charge is 0.493 e. The maximum Gasteiger partial charge on any atom is 0.251 e. The van der Waals surface area contributed by atoms with Gasteiger partial charge in [-0.2, -0.15) is 15.5 Å². The summed E-state index contributed by atoms with van der Waals surface area (Å²) in [6, 6.07) is 17.2. The van der Waals surface area contributed by atoms with E-state index in [0.717, 1.165) is 16.8 Å². The number of anilines is 1. The van der Waals surface area contributed by atoms with Crippen LogP contribution in [0.3, 0.4) is 0 Å². The highest BCUT2D eigenvalue weighted by molar-refractivity contribution is 5.89. The fraction of sp³-hybridized carbons (Fsp3) is 0.0909. The van der Waals surface area contributed by atoms with E-state index >= 15 is 0 Å². The van der Waals surface area contributed by atoms with Crippen molar-refractivity contribution in [2.75, 3.05) is 19.6 Å². The molecule has 4 aromatic rings. The van der Waals surface area contributed by atoms with Crippen LogP contribution >= 0.6 is 0 Å². The van der Waals surface area contributed by atoms with Crippen molar-refractivity contribution in [2.24, 2.45) is 5.10 Å². The van der Waals surface area contributed by atoms with E-state index in [2.05, 4.69) is 15.5 Å². The van der Waals surface area contributed by atoms with Crippen molar-refractivity contribution in [3.8, 4) is 34.5 Å². The number of nitrogens with one attached hydrogen (secondary N) is 1. The predicted molar refractivity (Wildman–Crippen MR) is 115 cm³/mol. The number of hydrogen-bond acceptors (Lipinski definition) is 8. The third kappa shape index (κ3) is 4.09. The lowest BCUT2D eigenvalue weighted by atomic mass is 10.1. The molecule has 0 saturated carbocycles. The Morgan fingerprint density at radius 2 is 1.94 bits per heavy atom. The Morgan fingerprint density at radius 3 is 2.68 bits per heavy atom. The highest BCUT2D eigenvalue weighted by Crippen LogP contribution is 2.33. The topological polar surface area (TPSA) is 110 Å². The van der Waals surface area contributed by atoms with Crippen molar-refractivity contribution in [1.29, 1.82) is 5.26 Å². The van der Waals surface area contributed by atoms with E-state index in [9.17, 15) is 0 Å². The molecule has 0 aliphatic heterocycles. The van der Waals surface area contributed by atoms with Gasteiger partial charge in [-0.25, -0.2) is 15.1 Å². The molecule has 0 saturated heterocycles. The Bertz CT molecular complexity index is 1250. The number of hydrazone groups is 1. The van der Waals surface area contributed by atoms with Gasteiger partial charge in [0.15, 0.2) is 17.9 Å². The maximum absolute atomic E-state index is 9.04. The second-order valence-electron chi connectivity index (χ2n) is 6.29. The minimum Gasteiger partial charge on any atom is -0.493 e. The molecule has 0 aliphatic rings. The lowest BCUT2D eigenvalue weighted by molar-refractivity contribution is 0.355. The number of nitrogens with zero attached hydrogens (tertiary/aromatic N) is 5. The number of rotatable bonds is 7. The average molecular weight is 414 g/mol. The standard InChI is InChI=1S/C22H18N6O3/c1-29-19-9-8-15(10-20(19)30-2)21-16(12-25-26-22-18(11-23)24-14-31-22)13-28(27-21)17-6-4-3-5-7-17/h3-10,12-14,26H,1-2H3/b25-12-. The van der Waals surface area contributed by atoms with Crippen molar-refractivity contribution in [3.05, 3.63) is 72.4 Å². The Labute approximate surface area is 178 Å². The SMILES string of the molecule is COc1ccc(-c2nn(-c3ccccc3)cc2/C=N\Nc2ocnc2C#N)cc1OC. The third-order valence-corrected chi connectivity index (χ3v) is 4.46. The predicted octanol–water partition coefficient (Wildman–Crippen LogP) is 3.86. The summed E-state index contributed by atoms with van der Waals surface area (Å²) in [5.74, 6) is 1.39. The first-order valence-electron chi connectivity index (χ1n) is 9.23. The first-order valence-corrected chi connectivity index (χ1v) is 9.23. The minimum atomic E-state index is 0.122. The Hall–Kier alpha value is -4.58. The molecule has 0 fully saturated rings. The van der Waals surface area contributed by atoms with E-state index < -0.39 is 0 Å². The summed E-state index contributed by atoms with van der Waals surface area (Å²) in [6.07, 6.45) is 4.64. The molecule has 154 valence electrons. The molecule has 9 heteroatoms. The molecule has 0 atom stereocenters. The molecule has 2 aromatic carbocycles. The van der Waals surface area contributed by atoms with Gasteiger partial charge in [0.25, 0.3) is 5.88 Å². The van der Waals surface area contributed by atoms with Crippen molar-refractivity contribution < 1.29 is 13.9 Å². The second kappa shape index (κ2) is 8.84. The van der Waals surface area contributed by atoms with Gasteiger partial charge >= 0.3 is 0 Å². The maximum atomic E-state index is 9.04. The van der Waals surface area contributed by atoms with Crippen LogP contribution in [0.4, 0.5) is 5.88 Å². The molecule has 0 spiro atoms. The smallest absolute Gasteiger partial charge is 0.251 e. The summed E-state index contributed by atoms with van der Waals surface area (Å²) in [6.45, 7) is 0. The monoisotopic (exact) mass is 414 g/mol. The van der Waals surface area contributed by atoms with Crippen LogP contribution in [0.1, 0.15) is 11.3 Å². The van der Waals surface area contributed by atoms with Crippen molar-refractivity contribution in [3.63, 3.8) is 0 Å². The highest BCUT2D eigenvalue weighted by atomic mass is 16.5. The average Bonchev–Trinajstić information content (AvgIpc) is 3.46. The first kappa shape index (κ1) is 19.7. The van der Waals surface area contributed by atoms with Gasteiger partial charge in [-0.05, 0) is 30.3 Å². The van der Waals surface area contributed by atoms with E-state index in [1.807, 2.05) is 60.8 Å². The molecule has 0 radical (unpaired) electrons. The molecule has 0 amide bonds. The number of oxazole rings is 1. The van der Waals surface area contributed by atoms with Gasteiger partial charge < -0.3 is 13.9 Å². The van der Waals surface area contributed by atoms with E-state index in [0.29, 0.717) is 17.2 Å². The van der Waals surface area contributed by atoms with Gasteiger partial charge in [0.05, 0.1) is 26.1 Å². The molecule has 0 aliphatic carbocycles. The second-order valence-corrected chi connectivity index (χ2v) is 6.29. The molecule has 1 N–H and O–H groups in total. The van der Waals surface area contributed by atoms with E-state index in [4.69, 9.17) is 24.3 Å². The normalized spacial score (nSPS) is 10.7. The third-order valence-electron chi connectivity index (χ3n) is 4.46. The number of benzene rings is 2. The van der Waals surface area contributed by atoms with Crippen molar-refractivity contribution >= 4 is 12.1 Å². The van der Waals surface area contributed by atoms with Crippen LogP contribution in [-0.2, 0) is 0 Å². The molecule has 4 rings (SSSR count). The van der Waals surface area contributed by atoms with E-state index in [-0.39, 0.29) is 11.6 Å². The molecule has 2 heterocycles. The van der Waals surface area contributed by atoms with Gasteiger partial charge in [0, 0.05) is 17.3 Å². The van der Waals surface area contributed by atoms with Crippen LogP contribution in [0.15, 0.2) is 70.6 Å². The Kier molecular flexibility index (Phi) is 5.62. The first-order chi connectivity index (χ1) is 15.2. The van der Waals surface area contributed by atoms with Crippen LogP contribution in [0.25, 0.3) is 16.9 Å². The zero-order chi connectivity index (χ0) is 21.6. The summed E-state index contributed by atoms with van der Waals surface area (Å²) in [5, 5.41) is 18.0. The van der Waals surface area contributed by atoms with E-state index in [1.54, 1.807) is 25.1 Å². The minimum absolute atomic E-state index is 0.122. The van der Waals surface area contributed by atoms with Crippen molar-refractivity contribution in [1.82, 2.24) is 14.8 Å². The van der Waals surface area contributed by atoms with Gasteiger partial charge in [-0.1, -0.05) is 18.2 Å². The van der Waals surface area contributed by atoms with Crippen LogP contribution in [0, 0.1) is 11.3 Å². The molecule has 9 nitrogen and oxygen atoms in total. The van der Waals surface area contributed by atoms with Gasteiger partial charge in [0.2, 0.25) is 5.69 Å². The summed E-state index contributed by atoms with van der Waals surface area (Å²) >= 11 is 0. The van der Waals surface area contributed by atoms with Crippen molar-refractivity contribution in [2.45, 2.75) is 0 Å². The summed E-state index contributed by atoms with van der Waals surface area (Å²) in [5.41, 5.74) is 5.97. The number of hydrogen-bond donors (Lipinski definition) is 1. The van der Waals surface area contributed by atoms with Gasteiger partial charge in [-0.3, -0.25) is 0 Å². The summed E-state index contributed by atoms with van der Waals surface area (Å²) in [4.78, 5) is 3.80. The lowest BCUT2D eigenvalue weighted by Gasteiger charge is -2.09. The van der Waals surface area contributed by atoms with Crippen LogP contribution in [0.5, 0.6) is 11.5 Å². The molecular formula is C22H18N6O3. The van der Waals surface area contributed by atoms with Gasteiger partial charge in [-0.15, -0.1) is 0 Å². The zero-order valence-electron chi connectivity index (χ0n) is 16.8.